The number of imidazole rings is 1. The summed E-state index contributed by atoms with van der Waals surface area (Å²) in [5.41, 5.74) is 0.577. The number of aromatic nitrogens is 2. The highest BCUT2D eigenvalue weighted by Crippen LogP contribution is 2.27. The van der Waals surface area contributed by atoms with Crippen molar-refractivity contribution >= 4 is 0 Å². The molecule has 1 aromatic carbocycles. The summed E-state index contributed by atoms with van der Waals surface area (Å²) in [4.78, 5) is 7.23. The molecule has 0 spiro atoms. The average molecular weight is 277 g/mol. The standard InChI is InChI=1S/C15H20FN3O/c1-11(15-12(16)5-3-6-13(15)20-2)17-8-4-7-14-18-9-10-19-14/h3,5-6,9-11,17H,4,7-8H2,1-2H3,(H,18,19). The van der Waals surface area contributed by atoms with Crippen molar-refractivity contribution in [1.82, 2.24) is 15.3 Å². The van der Waals surface area contributed by atoms with Crippen LogP contribution in [-0.2, 0) is 6.42 Å². The first kappa shape index (κ1) is 14.5. The minimum atomic E-state index is -0.240. The van der Waals surface area contributed by atoms with Crippen molar-refractivity contribution in [2.24, 2.45) is 0 Å². The summed E-state index contributed by atoms with van der Waals surface area (Å²) in [6.07, 6.45) is 5.38. The van der Waals surface area contributed by atoms with Crippen LogP contribution in [0.4, 0.5) is 4.39 Å². The zero-order chi connectivity index (χ0) is 14.4. The Balaban J connectivity index is 1.87. The lowest BCUT2D eigenvalue weighted by atomic mass is 10.1. The fourth-order valence-corrected chi connectivity index (χ4v) is 2.23. The number of hydrogen-bond donors (Lipinski definition) is 2. The van der Waals surface area contributed by atoms with Gasteiger partial charge in [-0.1, -0.05) is 6.07 Å². The second-order valence-corrected chi connectivity index (χ2v) is 4.67. The van der Waals surface area contributed by atoms with Gasteiger partial charge in [0, 0.05) is 30.4 Å². The molecule has 2 N–H and O–H groups in total. The molecule has 5 heteroatoms. The van der Waals surface area contributed by atoms with Crippen LogP contribution in [0.25, 0.3) is 0 Å². The molecule has 108 valence electrons. The van der Waals surface area contributed by atoms with Gasteiger partial charge in [0.15, 0.2) is 0 Å². The molecule has 0 aliphatic carbocycles. The number of benzene rings is 1. The van der Waals surface area contributed by atoms with Crippen LogP contribution in [0.1, 0.15) is 30.8 Å². The number of halogens is 1. The molecule has 1 atom stereocenters. The summed E-state index contributed by atoms with van der Waals surface area (Å²) in [6, 6.07) is 4.79. The Morgan fingerprint density at radius 1 is 1.45 bits per heavy atom. The highest BCUT2D eigenvalue weighted by atomic mass is 19.1. The van der Waals surface area contributed by atoms with Gasteiger partial charge in [-0.15, -0.1) is 0 Å². The van der Waals surface area contributed by atoms with Crippen molar-refractivity contribution in [3.05, 3.63) is 47.8 Å². The van der Waals surface area contributed by atoms with Crippen LogP contribution in [0.2, 0.25) is 0 Å². The van der Waals surface area contributed by atoms with Crippen LogP contribution in [0.3, 0.4) is 0 Å². The number of methoxy groups -OCH3 is 1. The first-order valence-electron chi connectivity index (χ1n) is 6.76. The van der Waals surface area contributed by atoms with E-state index >= 15 is 0 Å². The monoisotopic (exact) mass is 277 g/mol. The zero-order valence-electron chi connectivity index (χ0n) is 11.8. The smallest absolute Gasteiger partial charge is 0.131 e. The number of rotatable bonds is 7. The van der Waals surface area contributed by atoms with Crippen molar-refractivity contribution in [2.75, 3.05) is 13.7 Å². The highest BCUT2D eigenvalue weighted by Gasteiger charge is 2.15. The van der Waals surface area contributed by atoms with Gasteiger partial charge in [0.25, 0.3) is 0 Å². The number of H-pyrrole nitrogens is 1. The maximum atomic E-state index is 13.9. The third-order valence-corrected chi connectivity index (χ3v) is 3.26. The molecule has 0 amide bonds. The Bertz CT molecular complexity index is 528. The number of hydrogen-bond acceptors (Lipinski definition) is 3. The first-order chi connectivity index (χ1) is 9.72. The molecule has 1 unspecified atom stereocenters. The maximum absolute atomic E-state index is 13.9. The van der Waals surface area contributed by atoms with Crippen molar-refractivity contribution in [2.45, 2.75) is 25.8 Å². The number of aromatic amines is 1. The Morgan fingerprint density at radius 2 is 2.30 bits per heavy atom. The fraction of sp³-hybridized carbons (Fsp3) is 0.400. The van der Waals surface area contributed by atoms with E-state index in [9.17, 15) is 4.39 Å². The molecule has 1 aromatic heterocycles. The molecule has 0 aliphatic heterocycles. The van der Waals surface area contributed by atoms with Gasteiger partial charge in [0.1, 0.15) is 17.4 Å². The molecule has 2 aromatic rings. The van der Waals surface area contributed by atoms with Gasteiger partial charge in [-0.25, -0.2) is 9.37 Å². The van der Waals surface area contributed by atoms with E-state index in [1.807, 2.05) is 13.1 Å². The number of nitrogens with zero attached hydrogens (tertiary/aromatic N) is 1. The number of aryl methyl sites for hydroxylation is 1. The van der Waals surface area contributed by atoms with Crippen LogP contribution in [-0.4, -0.2) is 23.6 Å². The molecular weight excluding hydrogens is 257 g/mol. The van der Waals surface area contributed by atoms with Crippen LogP contribution >= 0.6 is 0 Å². The summed E-state index contributed by atoms with van der Waals surface area (Å²) in [7, 11) is 1.56. The number of ether oxygens (including phenoxy) is 1. The molecule has 4 nitrogen and oxygen atoms in total. The summed E-state index contributed by atoms with van der Waals surface area (Å²) in [6.45, 7) is 2.73. The third kappa shape index (κ3) is 3.57. The Kier molecular flexibility index (Phi) is 5.12. The van der Waals surface area contributed by atoms with Crippen molar-refractivity contribution in [3.8, 4) is 5.75 Å². The van der Waals surface area contributed by atoms with Gasteiger partial charge in [0.2, 0.25) is 0 Å². The lowest BCUT2D eigenvalue weighted by Crippen LogP contribution is -2.22. The molecule has 0 saturated heterocycles. The molecule has 0 bridgehead atoms. The first-order valence-corrected chi connectivity index (χ1v) is 6.76. The predicted molar refractivity (Wildman–Crippen MR) is 76.3 cm³/mol. The van der Waals surface area contributed by atoms with Crippen LogP contribution < -0.4 is 10.1 Å². The molecule has 0 aliphatic rings. The van der Waals surface area contributed by atoms with Gasteiger partial charge in [-0.3, -0.25) is 0 Å². The zero-order valence-corrected chi connectivity index (χ0v) is 11.8. The van der Waals surface area contributed by atoms with E-state index in [4.69, 9.17) is 4.74 Å². The lowest BCUT2D eigenvalue weighted by molar-refractivity contribution is 0.393. The van der Waals surface area contributed by atoms with Gasteiger partial charge >= 0.3 is 0 Å². The molecule has 1 heterocycles. The Labute approximate surface area is 118 Å². The van der Waals surface area contributed by atoms with Crippen molar-refractivity contribution in [3.63, 3.8) is 0 Å². The summed E-state index contributed by atoms with van der Waals surface area (Å²) >= 11 is 0. The van der Waals surface area contributed by atoms with Crippen LogP contribution in [0.5, 0.6) is 5.75 Å². The molecule has 2 rings (SSSR count). The molecule has 20 heavy (non-hydrogen) atoms. The van der Waals surface area contributed by atoms with E-state index in [1.165, 1.54) is 6.07 Å². The minimum absolute atomic E-state index is 0.0947. The molecular formula is C15H20FN3O. The number of nitrogens with one attached hydrogen (secondary N) is 2. The van der Waals surface area contributed by atoms with Gasteiger partial charge < -0.3 is 15.0 Å². The Morgan fingerprint density at radius 3 is 3.00 bits per heavy atom. The molecule has 0 fully saturated rings. The normalized spacial score (nSPS) is 12.3. The summed E-state index contributed by atoms with van der Waals surface area (Å²) in [5.74, 6) is 1.31. The lowest BCUT2D eigenvalue weighted by Gasteiger charge is -2.17. The highest BCUT2D eigenvalue weighted by molar-refractivity contribution is 5.36. The average Bonchev–Trinajstić information content (AvgIpc) is 2.96. The quantitative estimate of drug-likeness (QED) is 0.765. The molecule has 0 radical (unpaired) electrons. The largest absolute Gasteiger partial charge is 0.496 e. The SMILES string of the molecule is COc1cccc(F)c1C(C)NCCCc1ncc[nH]1. The van der Waals surface area contributed by atoms with Crippen LogP contribution in [0, 0.1) is 5.82 Å². The van der Waals surface area contributed by atoms with E-state index in [-0.39, 0.29) is 11.9 Å². The topological polar surface area (TPSA) is 49.9 Å². The van der Waals surface area contributed by atoms with Gasteiger partial charge in [-0.2, -0.15) is 0 Å². The maximum Gasteiger partial charge on any atom is 0.131 e. The van der Waals surface area contributed by atoms with E-state index in [2.05, 4.69) is 15.3 Å². The van der Waals surface area contributed by atoms with Crippen molar-refractivity contribution in [1.29, 1.82) is 0 Å². The van der Waals surface area contributed by atoms with Gasteiger partial charge in [-0.05, 0) is 32.0 Å². The second-order valence-electron chi connectivity index (χ2n) is 4.67. The second kappa shape index (κ2) is 7.05. The minimum Gasteiger partial charge on any atom is -0.496 e. The van der Waals surface area contributed by atoms with E-state index in [0.29, 0.717) is 11.3 Å². The van der Waals surface area contributed by atoms with Crippen LogP contribution in [0.15, 0.2) is 30.6 Å². The molecule has 0 saturated carbocycles. The van der Waals surface area contributed by atoms with E-state index in [0.717, 1.165) is 25.2 Å². The van der Waals surface area contributed by atoms with E-state index < -0.39 is 0 Å². The van der Waals surface area contributed by atoms with E-state index in [1.54, 1.807) is 25.4 Å². The predicted octanol–water partition coefficient (Wildman–Crippen LogP) is 2.84. The van der Waals surface area contributed by atoms with Crippen molar-refractivity contribution < 1.29 is 9.13 Å². The Hall–Kier alpha value is -1.88. The summed E-state index contributed by atoms with van der Waals surface area (Å²) in [5, 5.41) is 3.32. The van der Waals surface area contributed by atoms with Gasteiger partial charge in [0.05, 0.1) is 7.11 Å². The third-order valence-electron chi connectivity index (χ3n) is 3.26. The summed E-state index contributed by atoms with van der Waals surface area (Å²) < 4.78 is 19.1. The fourth-order valence-electron chi connectivity index (χ4n) is 2.23.